The van der Waals surface area contributed by atoms with Gasteiger partial charge in [0.05, 0.1) is 17.3 Å². The van der Waals surface area contributed by atoms with Gasteiger partial charge in [0.25, 0.3) is 11.8 Å². The Kier molecular flexibility index (Phi) is 5.84. The summed E-state index contributed by atoms with van der Waals surface area (Å²) < 4.78 is 66.6. The third-order valence-corrected chi connectivity index (χ3v) is 4.68. The van der Waals surface area contributed by atoms with Crippen molar-refractivity contribution in [1.82, 2.24) is 20.1 Å². The van der Waals surface area contributed by atoms with E-state index >= 15 is 0 Å². The van der Waals surface area contributed by atoms with E-state index in [2.05, 4.69) is 15.4 Å². The molecule has 0 radical (unpaired) electrons. The smallest absolute Gasteiger partial charge is 0.344 e. The monoisotopic (exact) mass is 438 g/mol. The Bertz CT molecular complexity index is 1080. The summed E-state index contributed by atoms with van der Waals surface area (Å²) >= 11 is 0. The van der Waals surface area contributed by atoms with Crippen LogP contribution in [0.15, 0.2) is 48.7 Å². The fraction of sp³-hybridized carbons (Fsp3) is 0.286. The van der Waals surface area contributed by atoms with Gasteiger partial charge in [-0.2, -0.15) is 27.1 Å². The van der Waals surface area contributed by atoms with Gasteiger partial charge < -0.3 is 5.32 Å². The third kappa shape index (κ3) is 5.07. The average Bonchev–Trinajstić information content (AvgIpc) is 3.10. The molecule has 0 aliphatic rings. The van der Waals surface area contributed by atoms with Crippen molar-refractivity contribution in [3.8, 4) is 11.3 Å². The molecular weight excluding hydrogens is 419 g/mol. The number of hydrogen-bond acceptors (Lipinski definition) is 3. The van der Waals surface area contributed by atoms with Crippen molar-refractivity contribution in [2.24, 2.45) is 7.05 Å². The second-order valence-electron chi connectivity index (χ2n) is 7.18. The number of pyridine rings is 1. The minimum Gasteiger partial charge on any atom is -0.344 e. The fourth-order valence-corrected chi connectivity index (χ4v) is 2.94. The maximum absolute atomic E-state index is 13.4. The van der Waals surface area contributed by atoms with Gasteiger partial charge >= 0.3 is 6.18 Å². The van der Waals surface area contributed by atoms with E-state index < -0.39 is 35.3 Å². The highest BCUT2D eigenvalue weighted by molar-refractivity contribution is 5.93. The Labute approximate surface area is 174 Å². The summed E-state index contributed by atoms with van der Waals surface area (Å²) in [6.45, 7) is 2.36. The molecule has 0 saturated carbocycles. The van der Waals surface area contributed by atoms with Gasteiger partial charge in [-0.05, 0) is 36.8 Å². The molecule has 0 aliphatic carbocycles. The zero-order valence-electron chi connectivity index (χ0n) is 16.8. The zero-order valence-corrected chi connectivity index (χ0v) is 16.8. The first kappa shape index (κ1) is 22.4. The Morgan fingerprint density at radius 3 is 2.35 bits per heavy atom. The van der Waals surface area contributed by atoms with Crippen LogP contribution in [0.4, 0.5) is 22.0 Å². The largest absolute Gasteiger partial charge is 0.416 e. The topological polar surface area (TPSA) is 59.8 Å². The predicted molar refractivity (Wildman–Crippen MR) is 103 cm³/mol. The van der Waals surface area contributed by atoms with Gasteiger partial charge in [-0.15, -0.1) is 0 Å². The molecule has 10 heteroatoms. The molecule has 0 saturated heterocycles. The van der Waals surface area contributed by atoms with Gasteiger partial charge in [0.15, 0.2) is 0 Å². The first-order valence-corrected chi connectivity index (χ1v) is 9.23. The highest BCUT2D eigenvalue weighted by atomic mass is 19.4. The average molecular weight is 438 g/mol. The molecule has 1 N–H and O–H groups in total. The van der Waals surface area contributed by atoms with Crippen molar-refractivity contribution in [3.05, 3.63) is 71.2 Å². The summed E-state index contributed by atoms with van der Waals surface area (Å²) in [5.41, 5.74) is -0.0790. The lowest BCUT2D eigenvalue weighted by Gasteiger charge is -2.15. The fourth-order valence-electron chi connectivity index (χ4n) is 2.94. The van der Waals surface area contributed by atoms with Crippen molar-refractivity contribution < 1.29 is 26.7 Å². The number of carbonyl (C=O) groups is 1. The second-order valence-corrected chi connectivity index (χ2v) is 7.18. The van der Waals surface area contributed by atoms with Crippen LogP contribution in [-0.2, 0) is 19.1 Å². The summed E-state index contributed by atoms with van der Waals surface area (Å²) in [6, 6.07) is 8.48. The third-order valence-electron chi connectivity index (χ3n) is 4.68. The number of halogens is 5. The molecule has 2 aromatic heterocycles. The molecule has 0 unspecified atom stereocenters. The molecule has 2 heterocycles. The molecule has 0 bridgehead atoms. The standard InChI is InChI=1S/C21H19F5N4O/c1-12(28-19(31)17-10-18(20(2,22)23)29-30(17)3)14-7-8-16(27-11-14)13-5-4-6-15(9-13)21(24,25)26/h4-12H,1-3H3,(H,28,31)/t12-/m0/s1. The number of rotatable bonds is 5. The SMILES string of the molecule is C[C@H](NC(=O)c1cc(C(C)(F)F)nn1C)c1ccc(-c2cccc(C(F)(F)F)c2)nc1. The molecular formula is C21H19F5N4O. The quantitative estimate of drug-likeness (QED) is 0.564. The normalized spacial score (nSPS) is 13.2. The van der Waals surface area contributed by atoms with E-state index in [1.165, 1.54) is 25.4 Å². The van der Waals surface area contributed by atoms with Gasteiger partial charge in [0.1, 0.15) is 11.4 Å². The number of benzene rings is 1. The van der Waals surface area contributed by atoms with Crippen molar-refractivity contribution in [2.45, 2.75) is 32.0 Å². The minimum absolute atomic E-state index is 0.0306. The second kappa shape index (κ2) is 8.09. The summed E-state index contributed by atoms with van der Waals surface area (Å²) in [7, 11) is 1.39. The van der Waals surface area contributed by atoms with Crippen molar-refractivity contribution in [2.75, 3.05) is 0 Å². The molecule has 1 atom stereocenters. The van der Waals surface area contributed by atoms with Gasteiger partial charge in [-0.1, -0.05) is 18.2 Å². The van der Waals surface area contributed by atoms with Crippen LogP contribution in [0.3, 0.4) is 0 Å². The molecule has 1 aromatic carbocycles. The number of amides is 1. The van der Waals surface area contributed by atoms with E-state index in [1.807, 2.05) is 0 Å². The molecule has 164 valence electrons. The number of aryl methyl sites for hydroxylation is 1. The number of nitrogens with one attached hydrogen (secondary N) is 1. The first-order valence-electron chi connectivity index (χ1n) is 9.23. The van der Waals surface area contributed by atoms with Gasteiger partial charge in [0.2, 0.25) is 0 Å². The predicted octanol–water partition coefficient (Wildman–Crippen LogP) is 5.10. The number of alkyl halides is 5. The lowest BCUT2D eigenvalue weighted by atomic mass is 10.1. The number of nitrogens with zero attached hydrogens (tertiary/aromatic N) is 3. The number of hydrogen-bond donors (Lipinski definition) is 1. The summed E-state index contributed by atoms with van der Waals surface area (Å²) in [5, 5.41) is 6.34. The van der Waals surface area contributed by atoms with Crippen LogP contribution in [-0.4, -0.2) is 20.7 Å². The Morgan fingerprint density at radius 2 is 1.81 bits per heavy atom. The minimum atomic E-state index is -4.46. The summed E-state index contributed by atoms with van der Waals surface area (Å²) in [4.78, 5) is 16.7. The van der Waals surface area contributed by atoms with Crippen LogP contribution >= 0.6 is 0 Å². The zero-order chi connectivity index (χ0) is 23.0. The molecule has 3 aromatic rings. The molecule has 0 fully saturated rings. The molecule has 3 rings (SSSR count). The van der Waals surface area contributed by atoms with E-state index in [9.17, 15) is 26.7 Å². The van der Waals surface area contributed by atoms with Crippen LogP contribution in [0.5, 0.6) is 0 Å². The van der Waals surface area contributed by atoms with E-state index in [4.69, 9.17) is 0 Å². The van der Waals surface area contributed by atoms with Crippen LogP contribution in [0.2, 0.25) is 0 Å². The summed E-state index contributed by atoms with van der Waals surface area (Å²) in [5.74, 6) is -3.77. The van der Waals surface area contributed by atoms with Crippen molar-refractivity contribution in [3.63, 3.8) is 0 Å². The molecule has 5 nitrogen and oxygen atoms in total. The lowest BCUT2D eigenvalue weighted by molar-refractivity contribution is -0.137. The molecule has 0 spiro atoms. The Balaban J connectivity index is 1.75. The number of carbonyl (C=O) groups excluding carboxylic acids is 1. The van der Waals surface area contributed by atoms with Gasteiger partial charge in [-0.25, -0.2) is 0 Å². The van der Waals surface area contributed by atoms with Gasteiger partial charge in [-0.3, -0.25) is 14.5 Å². The first-order chi connectivity index (χ1) is 14.4. The van der Waals surface area contributed by atoms with E-state index in [-0.39, 0.29) is 5.69 Å². The highest BCUT2D eigenvalue weighted by Crippen LogP contribution is 2.32. The van der Waals surface area contributed by atoms with Crippen LogP contribution in [0.25, 0.3) is 11.3 Å². The molecule has 31 heavy (non-hydrogen) atoms. The lowest BCUT2D eigenvalue weighted by Crippen LogP contribution is -2.28. The van der Waals surface area contributed by atoms with Crippen LogP contribution in [0, 0.1) is 0 Å². The van der Waals surface area contributed by atoms with Crippen LogP contribution < -0.4 is 5.32 Å². The Hall–Kier alpha value is -3.30. The summed E-state index contributed by atoms with van der Waals surface area (Å²) in [6.07, 6.45) is -3.02. The Morgan fingerprint density at radius 1 is 1.10 bits per heavy atom. The molecule has 1 amide bonds. The number of aromatic nitrogens is 3. The van der Waals surface area contributed by atoms with E-state index in [0.717, 1.165) is 22.9 Å². The van der Waals surface area contributed by atoms with Crippen molar-refractivity contribution in [1.29, 1.82) is 0 Å². The van der Waals surface area contributed by atoms with Crippen LogP contribution in [0.1, 0.15) is 47.2 Å². The van der Waals surface area contributed by atoms with Crippen molar-refractivity contribution >= 4 is 5.91 Å². The highest BCUT2D eigenvalue weighted by Gasteiger charge is 2.31. The van der Waals surface area contributed by atoms with E-state index in [1.54, 1.807) is 19.1 Å². The van der Waals surface area contributed by atoms with Gasteiger partial charge in [0, 0.05) is 25.7 Å². The maximum Gasteiger partial charge on any atom is 0.416 e. The molecule has 0 aliphatic heterocycles. The van der Waals surface area contributed by atoms with E-state index in [0.29, 0.717) is 23.7 Å². The maximum atomic E-state index is 13.4.